The Labute approximate surface area is 96.9 Å². The number of hydrogen-bond donors (Lipinski definition) is 1. The third kappa shape index (κ3) is 3.23. The van der Waals surface area contributed by atoms with Crippen LogP contribution < -0.4 is 5.73 Å². The summed E-state index contributed by atoms with van der Waals surface area (Å²) in [5, 5.41) is 10.5. The van der Waals surface area contributed by atoms with Gasteiger partial charge in [0.25, 0.3) is 11.6 Å². The second-order valence-electron chi connectivity index (χ2n) is 3.33. The van der Waals surface area contributed by atoms with Crippen LogP contribution in [0.25, 0.3) is 6.08 Å². The van der Waals surface area contributed by atoms with E-state index in [0.29, 0.717) is 5.56 Å². The Morgan fingerprint density at radius 1 is 1.41 bits per heavy atom. The van der Waals surface area contributed by atoms with Gasteiger partial charge >= 0.3 is 0 Å². The highest BCUT2D eigenvalue weighted by Gasteiger charge is 2.11. The lowest BCUT2D eigenvalue weighted by Gasteiger charge is -1.99. The number of nitrogens with zero attached hydrogens (tertiary/aromatic N) is 1. The van der Waals surface area contributed by atoms with Gasteiger partial charge in [-0.1, -0.05) is 12.1 Å². The first-order valence-corrected chi connectivity index (χ1v) is 4.68. The number of primary amides is 1. The molecule has 0 aliphatic rings. The van der Waals surface area contributed by atoms with Crippen molar-refractivity contribution in [2.45, 2.75) is 6.92 Å². The van der Waals surface area contributed by atoms with Crippen LogP contribution in [0.5, 0.6) is 0 Å². The number of Topliss-reactive ketones (excluding diaryl/α,β-unsaturated/α-hetero) is 1. The Hall–Kier alpha value is -2.50. The number of nitrogens with two attached hydrogens (primary N) is 1. The summed E-state index contributed by atoms with van der Waals surface area (Å²) in [5.74, 6) is -1.34. The summed E-state index contributed by atoms with van der Waals surface area (Å²) in [7, 11) is 0. The highest BCUT2D eigenvalue weighted by atomic mass is 16.6. The van der Waals surface area contributed by atoms with Gasteiger partial charge in [-0.2, -0.15) is 0 Å². The van der Waals surface area contributed by atoms with Crippen molar-refractivity contribution in [3.8, 4) is 0 Å². The summed E-state index contributed by atoms with van der Waals surface area (Å²) in [4.78, 5) is 32.0. The minimum absolute atomic E-state index is 0.119. The Morgan fingerprint density at radius 2 is 2.06 bits per heavy atom. The maximum atomic E-state index is 11.1. The van der Waals surface area contributed by atoms with Crippen LogP contribution in [0.15, 0.2) is 29.8 Å². The van der Waals surface area contributed by atoms with E-state index < -0.39 is 16.6 Å². The molecule has 1 aromatic carbocycles. The molecule has 0 spiro atoms. The summed E-state index contributed by atoms with van der Waals surface area (Å²) in [6, 6.07) is 5.57. The van der Waals surface area contributed by atoms with E-state index in [0.717, 1.165) is 0 Å². The van der Waals surface area contributed by atoms with Crippen LogP contribution in [-0.2, 0) is 9.59 Å². The Morgan fingerprint density at radius 3 is 2.53 bits per heavy atom. The van der Waals surface area contributed by atoms with Crippen LogP contribution in [-0.4, -0.2) is 16.6 Å². The maximum Gasteiger partial charge on any atom is 0.270 e. The van der Waals surface area contributed by atoms with Crippen molar-refractivity contribution in [1.29, 1.82) is 0 Å². The molecule has 0 aliphatic carbocycles. The third-order valence-electron chi connectivity index (χ3n) is 2.04. The van der Waals surface area contributed by atoms with Gasteiger partial charge in [0.05, 0.1) is 10.5 Å². The topological polar surface area (TPSA) is 103 Å². The van der Waals surface area contributed by atoms with E-state index in [9.17, 15) is 19.7 Å². The molecule has 0 radical (unpaired) electrons. The van der Waals surface area contributed by atoms with Crippen molar-refractivity contribution in [1.82, 2.24) is 0 Å². The molecule has 1 amide bonds. The SMILES string of the molecule is CC(=O)C(=Cc1cccc([N+](=O)[O-])c1)C(N)=O. The predicted molar refractivity (Wildman–Crippen MR) is 60.9 cm³/mol. The molecule has 6 nitrogen and oxygen atoms in total. The van der Waals surface area contributed by atoms with E-state index in [1.165, 1.54) is 31.2 Å². The molecule has 1 rings (SSSR count). The number of ketones is 1. The zero-order valence-corrected chi connectivity index (χ0v) is 9.04. The average Bonchev–Trinajstić information content (AvgIpc) is 2.25. The number of hydrogen-bond acceptors (Lipinski definition) is 4. The predicted octanol–water partition coefficient (Wildman–Crippen LogP) is 1.05. The number of carbonyl (C=O) groups is 2. The van der Waals surface area contributed by atoms with Crippen molar-refractivity contribution in [3.63, 3.8) is 0 Å². The number of amides is 1. The second-order valence-corrected chi connectivity index (χ2v) is 3.33. The van der Waals surface area contributed by atoms with Crippen molar-refractivity contribution in [2.24, 2.45) is 5.73 Å². The Kier molecular flexibility index (Phi) is 3.71. The van der Waals surface area contributed by atoms with Gasteiger partial charge in [0, 0.05) is 12.1 Å². The molecule has 0 aliphatic heterocycles. The van der Waals surface area contributed by atoms with Crippen LogP contribution in [0.3, 0.4) is 0 Å². The monoisotopic (exact) mass is 234 g/mol. The van der Waals surface area contributed by atoms with Gasteiger partial charge in [0.15, 0.2) is 5.78 Å². The van der Waals surface area contributed by atoms with Gasteiger partial charge in [-0.15, -0.1) is 0 Å². The molecule has 0 bridgehead atoms. The molecule has 0 saturated heterocycles. The number of nitro benzene ring substituents is 1. The molecule has 0 aromatic heterocycles. The first-order chi connectivity index (χ1) is 7.91. The van der Waals surface area contributed by atoms with Gasteiger partial charge in [0.2, 0.25) is 0 Å². The molecular formula is C11H10N2O4. The maximum absolute atomic E-state index is 11.1. The molecule has 0 fully saturated rings. The first kappa shape index (κ1) is 12.6. The van der Waals surface area contributed by atoms with E-state index in [4.69, 9.17) is 5.73 Å². The van der Waals surface area contributed by atoms with Crippen molar-refractivity contribution in [2.75, 3.05) is 0 Å². The Bertz CT molecular complexity index is 504. The summed E-state index contributed by atoms with van der Waals surface area (Å²) in [6.45, 7) is 1.20. The van der Waals surface area contributed by atoms with E-state index in [-0.39, 0.29) is 11.3 Å². The summed E-state index contributed by atoms with van der Waals surface area (Å²) in [5.41, 5.74) is 5.09. The van der Waals surface area contributed by atoms with Crippen LogP contribution >= 0.6 is 0 Å². The standard InChI is InChI=1S/C11H10N2O4/c1-7(14)10(11(12)15)6-8-3-2-4-9(5-8)13(16)17/h2-6H,1H3,(H2,12,15). The van der Waals surface area contributed by atoms with Crippen molar-refractivity contribution < 1.29 is 14.5 Å². The normalized spacial score (nSPS) is 11.0. The molecule has 17 heavy (non-hydrogen) atoms. The van der Waals surface area contributed by atoms with E-state index in [1.54, 1.807) is 6.07 Å². The molecular weight excluding hydrogens is 224 g/mol. The van der Waals surface area contributed by atoms with Gasteiger partial charge in [-0.25, -0.2) is 0 Å². The number of carbonyl (C=O) groups excluding carboxylic acids is 2. The van der Waals surface area contributed by atoms with Crippen LogP contribution in [0, 0.1) is 10.1 Å². The zero-order valence-electron chi connectivity index (χ0n) is 9.04. The minimum atomic E-state index is -0.857. The van der Waals surface area contributed by atoms with Gasteiger partial charge in [-0.05, 0) is 18.6 Å². The fourth-order valence-electron chi connectivity index (χ4n) is 1.24. The number of rotatable bonds is 4. The molecule has 0 saturated carbocycles. The summed E-state index contributed by atoms with van der Waals surface area (Å²) < 4.78 is 0. The zero-order chi connectivity index (χ0) is 13.0. The number of non-ortho nitro benzene ring substituents is 1. The molecule has 1 aromatic rings. The largest absolute Gasteiger partial charge is 0.365 e. The van der Waals surface area contributed by atoms with Crippen LogP contribution in [0.1, 0.15) is 12.5 Å². The molecule has 0 heterocycles. The number of nitro groups is 1. The van der Waals surface area contributed by atoms with Gasteiger partial charge in [-0.3, -0.25) is 19.7 Å². The molecule has 0 atom stereocenters. The van der Waals surface area contributed by atoms with Gasteiger partial charge < -0.3 is 5.73 Å². The van der Waals surface area contributed by atoms with Crippen molar-refractivity contribution in [3.05, 3.63) is 45.5 Å². The quantitative estimate of drug-likeness (QED) is 0.276. The highest BCUT2D eigenvalue weighted by molar-refractivity contribution is 6.21. The molecule has 2 N–H and O–H groups in total. The van der Waals surface area contributed by atoms with Crippen LogP contribution in [0.4, 0.5) is 5.69 Å². The lowest BCUT2D eigenvalue weighted by atomic mass is 10.1. The smallest absolute Gasteiger partial charge is 0.270 e. The third-order valence-corrected chi connectivity index (χ3v) is 2.04. The average molecular weight is 234 g/mol. The lowest BCUT2D eigenvalue weighted by molar-refractivity contribution is -0.384. The van der Waals surface area contributed by atoms with Gasteiger partial charge in [0.1, 0.15) is 0 Å². The Balaban J connectivity index is 3.20. The molecule has 6 heteroatoms. The van der Waals surface area contributed by atoms with E-state index >= 15 is 0 Å². The van der Waals surface area contributed by atoms with E-state index in [2.05, 4.69) is 0 Å². The fourth-order valence-corrected chi connectivity index (χ4v) is 1.24. The van der Waals surface area contributed by atoms with Crippen molar-refractivity contribution >= 4 is 23.5 Å². The highest BCUT2D eigenvalue weighted by Crippen LogP contribution is 2.15. The minimum Gasteiger partial charge on any atom is -0.365 e. The first-order valence-electron chi connectivity index (χ1n) is 4.68. The fraction of sp³-hybridized carbons (Fsp3) is 0.0909. The summed E-state index contributed by atoms with van der Waals surface area (Å²) in [6.07, 6.45) is 1.23. The van der Waals surface area contributed by atoms with Crippen LogP contribution in [0.2, 0.25) is 0 Å². The lowest BCUT2D eigenvalue weighted by Crippen LogP contribution is -2.18. The summed E-state index contributed by atoms with van der Waals surface area (Å²) >= 11 is 0. The molecule has 0 unspecified atom stereocenters. The molecule has 88 valence electrons. The van der Waals surface area contributed by atoms with E-state index in [1.807, 2.05) is 0 Å². The second kappa shape index (κ2) is 5.02. The number of benzene rings is 1.